The standard InChI is InChI=1S/C19H10Cl2N2O2/c20-13-8-7-12(16(21)9-13)10-22-23-18(24)14-5-1-3-11-4-2-6-15(17(11)14)19(23)25/h1-10H/b22-10-. The Morgan fingerprint density at radius 1 is 0.880 bits per heavy atom. The van der Waals surface area contributed by atoms with Gasteiger partial charge in [0.05, 0.1) is 22.4 Å². The molecule has 0 aliphatic carbocycles. The first-order valence-corrected chi connectivity index (χ1v) is 8.21. The molecule has 0 fully saturated rings. The Bertz CT molecular complexity index is 1030. The van der Waals surface area contributed by atoms with E-state index in [-0.39, 0.29) is 0 Å². The van der Waals surface area contributed by atoms with Gasteiger partial charge in [-0.15, -0.1) is 0 Å². The quantitative estimate of drug-likeness (QED) is 0.482. The fourth-order valence-electron chi connectivity index (χ4n) is 2.85. The highest BCUT2D eigenvalue weighted by molar-refractivity contribution is 6.36. The summed E-state index contributed by atoms with van der Waals surface area (Å²) in [5.74, 6) is -0.925. The van der Waals surface area contributed by atoms with E-state index in [1.807, 2.05) is 12.1 Å². The summed E-state index contributed by atoms with van der Waals surface area (Å²) in [6, 6.07) is 15.6. The number of hydrogen-bond donors (Lipinski definition) is 0. The first-order valence-electron chi connectivity index (χ1n) is 7.46. The van der Waals surface area contributed by atoms with Crippen molar-refractivity contribution in [3.8, 4) is 0 Å². The first kappa shape index (κ1) is 15.8. The summed E-state index contributed by atoms with van der Waals surface area (Å²) in [6.07, 6.45) is 1.38. The molecule has 1 aliphatic rings. The maximum absolute atomic E-state index is 12.7. The maximum Gasteiger partial charge on any atom is 0.282 e. The van der Waals surface area contributed by atoms with Gasteiger partial charge in [-0.3, -0.25) is 9.59 Å². The molecular weight excluding hydrogens is 359 g/mol. The molecule has 0 N–H and O–H groups in total. The molecule has 0 bridgehead atoms. The molecule has 2 amide bonds. The van der Waals surface area contributed by atoms with Gasteiger partial charge in [0, 0.05) is 16.0 Å². The van der Waals surface area contributed by atoms with Gasteiger partial charge in [-0.25, -0.2) is 0 Å². The largest absolute Gasteiger partial charge is 0.282 e. The van der Waals surface area contributed by atoms with E-state index in [0.29, 0.717) is 32.1 Å². The second-order valence-corrected chi connectivity index (χ2v) is 6.39. The molecule has 0 saturated carbocycles. The number of halogens is 2. The molecule has 1 heterocycles. The van der Waals surface area contributed by atoms with Crippen LogP contribution in [0.3, 0.4) is 0 Å². The van der Waals surface area contributed by atoms with Crippen LogP contribution in [0.1, 0.15) is 26.3 Å². The molecule has 4 rings (SSSR count). The SMILES string of the molecule is O=C1c2cccc3cccc(c23)C(=O)N1/N=C\c1ccc(Cl)cc1Cl. The van der Waals surface area contributed by atoms with Crippen LogP contribution in [0.2, 0.25) is 10.0 Å². The van der Waals surface area contributed by atoms with E-state index in [4.69, 9.17) is 23.2 Å². The van der Waals surface area contributed by atoms with Crippen molar-refractivity contribution in [2.75, 3.05) is 0 Å². The zero-order valence-electron chi connectivity index (χ0n) is 12.7. The number of rotatable bonds is 2. The normalized spacial score (nSPS) is 13.9. The van der Waals surface area contributed by atoms with Crippen molar-refractivity contribution in [1.29, 1.82) is 0 Å². The number of amides is 2. The number of carbonyl (C=O) groups excluding carboxylic acids is 2. The smallest absolute Gasteiger partial charge is 0.267 e. The van der Waals surface area contributed by atoms with Crippen LogP contribution in [0.15, 0.2) is 59.7 Å². The highest BCUT2D eigenvalue weighted by atomic mass is 35.5. The Kier molecular flexibility index (Phi) is 3.79. The van der Waals surface area contributed by atoms with Crippen LogP contribution in [-0.2, 0) is 0 Å². The van der Waals surface area contributed by atoms with Crippen molar-refractivity contribution < 1.29 is 9.59 Å². The van der Waals surface area contributed by atoms with Crippen molar-refractivity contribution in [1.82, 2.24) is 5.01 Å². The van der Waals surface area contributed by atoms with Crippen LogP contribution in [0, 0.1) is 0 Å². The van der Waals surface area contributed by atoms with Crippen LogP contribution in [0.4, 0.5) is 0 Å². The van der Waals surface area contributed by atoms with Crippen molar-refractivity contribution in [2.45, 2.75) is 0 Å². The second-order valence-electron chi connectivity index (χ2n) is 5.54. The fourth-order valence-corrected chi connectivity index (χ4v) is 3.31. The second kappa shape index (κ2) is 5.99. The van der Waals surface area contributed by atoms with Gasteiger partial charge in [-0.2, -0.15) is 10.1 Å². The van der Waals surface area contributed by atoms with E-state index in [2.05, 4.69) is 5.10 Å². The highest BCUT2D eigenvalue weighted by Gasteiger charge is 2.32. The first-order chi connectivity index (χ1) is 12.1. The van der Waals surface area contributed by atoms with Crippen molar-refractivity contribution in [3.63, 3.8) is 0 Å². The predicted molar refractivity (Wildman–Crippen MR) is 98.5 cm³/mol. The van der Waals surface area contributed by atoms with Crippen molar-refractivity contribution in [2.24, 2.45) is 5.10 Å². The molecule has 4 nitrogen and oxygen atoms in total. The van der Waals surface area contributed by atoms with Crippen LogP contribution in [0.5, 0.6) is 0 Å². The minimum absolute atomic E-state index is 0.385. The average Bonchev–Trinajstić information content (AvgIpc) is 2.61. The predicted octanol–water partition coefficient (Wildman–Crippen LogP) is 4.78. The molecule has 122 valence electrons. The number of carbonyl (C=O) groups is 2. The monoisotopic (exact) mass is 368 g/mol. The molecule has 0 aromatic heterocycles. The van der Waals surface area contributed by atoms with Crippen LogP contribution in [0.25, 0.3) is 10.8 Å². The van der Waals surface area contributed by atoms with Gasteiger partial charge in [0.2, 0.25) is 0 Å². The highest BCUT2D eigenvalue weighted by Crippen LogP contribution is 2.30. The maximum atomic E-state index is 12.7. The molecule has 25 heavy (non-hydrogen) atoms. The third-order valence-electron chi connectivity index (χ3n) is 4.03. The third-order valence-corrected chi connectivity index (χ3v) is 4.59. The molecule has 0 unspecified atom stereocenters. The Morgan fingerprint density at radius 2 is 1.52 bits per heavy atom. The summed E-state index contributed by atoms with van der Waals surface area (Å²) in [5.41, 5.74) is 1.46. The molecule has 1 aliphatic heterocycles. The molecule has 0 radical (unpaired) electrons. The molecule has 0 spiro atoms. The molecule has 0 atom stereocenters. The number of hydrogen-bond acceptors (Lipinski definition) is 3. The third kappa shape index (κ3) is 2.60. The molecule has 3 aromatic rings. The topological polar surface area (TPSA) is 49.7 Å². The summed E-state index contributed by atoms with van der Waals surface area (Å²) in [5, 5.41) is 7.33. The van der Waals surface area contributed by atoms with E-state index in [1.165, 1.54) is 6.21 Å². The van der Waals surface area contributed by atoms with Crippen LogP contribution < -0.4 is 0 Å². The molecular formula is C19H10Cl2N2O2. The number of nitrogens with zero attached hydrogens (tertiary/aromatic N) is 2. The lowest BCUT2D eigenvalue weighted by atomic mass is 9.95. The minimum Gasteiger partial charge on any atom is -0.267 e. The summed E-state index contributed by atoms with van der Waals surface area (Å²) in [6.45, 7) is 0. The summed E-state index contributed by atoms with van der Waals surface area (Å²) in [4.78, 5) is 25.4. The zero-order valence-corrected chi connectivity index (χ0v) is 14.3. The molecule has 0 saturated heterocycles. The average molecular weight is 369 g/mol. The van der Waals surface area contributed by atoms with E-state index < -0.39 is 11.8 Å². The van der Waals surface area contributed by atoms with E-state index in [1.54, 1.807) is 42.5 Å². The molecule has 3 aromatic carbocycles. The van der Waals surface area contributed by atoms with E-state index >= 15 is 0 Å². The van der Waals surface area contributed by atoms with Gasteiger partial charge >= 0.3 is 0 Å². The van der Waals surface area contributed by atoms with Gasteiger partial charge in [-0.05, 0) is 29.7 Å². The van der Waals surface area contributed by atoms with Crippen molar-refractivity contribution in [3.05, 3.63) is 81.3 Å². The summed E-state index contributed by atoms with van der Waals surface area (Å²) >= 11 is 12.0. The zero-order chi connectivity index (χ0) is 17.6. The van der Waals surface area contributed by atoms with Gasteiger partial charge in [0.15, 0.2) is 0 Å². The number of imide groups is 1. The lowest BCUT2D eigenvalue weighted by molar-refractivity contribution is 0.0616. The van der Waals surface area contributed by atoms with Crippen LogP contribution >= 0.6 is 23.2 Å². The lowest BCUT2D eigenvalue weighted by Crippen LogP contribution is -2.36. The van der Waals surface area contributed by atoms with Crippen molar-refractivity contribution >= 4 is 52.0 Å². The van der Waals surface area contributed by atoms with Crippen LogP contribution in [-0.4, -0.2) is 23.0 Å². The Morgan fingerprint density at radius 3 is 2.12 bits per heavy atom. The van der Waals surface area contributed by atoms with E-state index in [0.717, 1.165) is 10.4 Å². The van der Waals surface area contributed by atoms with Gasteiger partial charge in [0.25, 0.3) is 11.8 Å². The Balaban J connectivity index is 1.79. The van der Waals surface area contributed by atoms with Gasteiger partial charge in [0.1, 0.15) is 0 Å². The van der Waals surface area contributed by atoms with Gasteiger partial charge in [-0.1, -0.05) is 53.5 Å². The molecule has 6 heteroatoms. The summed E-state index contributed by atoms with van der Waals surface area (Å²) < 4.78 is 0. The Hall–Kier alpha value is -2.69. The minimum atomic E-state index is -0.462. The lowest BCUT2D eigenvalue weighted by Gasteiger charge is -2.23. The summed E-state index contributed by atoms with van der Waals surface area (Å²) in [7, 11) is 0. The number of hydrazone groups is 1. The fraction of sp³-hybridized carbons (Fsp3) is 0. The number of benzene rings is 3. The van der Waals surface area contributed by atoms with Gasteiger partial charge < -0.3 is 0 Å². The van der Waals surface area contributed by atoms with E-state index in [9.17, 15) is 9.59 Å². The Labute approximate surface area is 153 Å².